The number of nitrogens with zero attached hydrogens (tertiary/aromatic N) is 4. The van der Waals surface area contributed by atoms with Crippen LogP contribution in [-0.4, -0.2) is 44.5 Å². The first-order valence-electron chi connectivity index (χ1n) is 7.92. The van der Waals surface area contributed by atoms with Gasteiger partial charge in [-0.2, -0.15) is 15.0 Å². The number of sulfonamides is 1. The monoisotopic (exact) mass is 364 g/mol. The van der Waals surface area contributed by atoms with Gasteiger partial charge in [-0.1, -0.05) is 26.0 Å². The molecule has 136 valence electrons. The predicted molar refractivity (Wildman–Crippen MR) is 98.3 cm³/mol. The average Bonchev–Trinajstić information content (AvgIpc) is 2.60. The fraction of sp³-hybridized carbons (Fsp3) is 0.438. The molecule has 0 radical (unpaired) electrons. The van der Waals surface area contributed by atoms with E-state index in [1.165, 1.54) is 7.05 Å². The van der Waals surface area contributed by atoms with E-state index < -0.39 is 10.0 Å². The lowest BCUT2D eigenvalue weighted by Gasteiger charge is -2.15. The number of aromatic nitrogens is 3. The molecule has 0 saturated carbocycles. The first-order chi connectivity index (χ1) is 11.7. The van der Waals surface area contributed by atoms with E-state index in [0.29, 0.717) is 18.4 Å². The van der Waals surface area contributed by atoms with Gasteiger partial charge in [0, 0.05) is 26.6 Å². The largest absolute Gasteiger partial charge is 0.350 e. The predicted octanol–water partition coefficient (Wildman–Crippen LogP) is 1.58. The molecule has 8 nitrogen and oxygen atoms in total. The molecule has 0 amide bonds. The van der Waals surface area contributed by atoms with E-state index in [-0.39, 0.29) is 10.8 Å². The second kappa shape index (κ2) is 7.75. The topological polar surface area (TPSA) is 100 Å². The Hall–Kier alpha value is -2.26. The van der Waals surface area contributed by atoms with Crippen LogP contribution in [0.4, 0.5) is 11.9 Å². The van der Waals surface area contributed by atoms with Crippen LogP contribution in [0.2, 0.25) is 0 Å². The molecule has 0 aliphatic rings. The van der Waals surface area contributed by atoms with Gasteiger partial charge in [0.1, 0.15) is 5.82 Å². The van der Waals surface area contributed by atoms with Crippen molar-refractivity contribution < 1.29 is 8.42 Å². The van der Waals surface area contributed by atoms with E-state index >= 15 is 0 Å². The smallest absolute Gasteiger partial charge is 0.240 e. The quantitative estimate of drug-likeness (QED) is 0.769. The van der Waals surface area contributed by atoms with Gasteiger partial charge in [0.05, 0.1) is 4.90 Å². The molecular formula is C16H24N6O2S. The summed E-state index contributed by atoms with van der Waals surface area (Å²) < 4.78 is 25.8. The Balaban J connectivity index is 2.15. The van der Waals surface area contributed by atoms with Gasteiger partial charge in [0.2, 0.25) is 21.9 Å². The van der Waals surface area contributed by atoms with Crippen LogP contribution in [0.1, 0.15) is 31.2 Å². The molecule has 9 heteroatoms. The summed E-state index contributed by atoms with van der Waals surface area (Å²) in [5, 5.41) is 3.17. The van der Waals surface area contributed by atoms with Crippen molar-refractivity contribution in [3.05, 3.63) is 35.7 Å². The molecule has 0 fully saturated rings. The van der Waals surface area contributed by atoms with Gasteiger partial charge < -0.3 is 10.2 Å². The molecule has 1 aromatic heterocycles. The van der Waals surface area contributed by atoms with Crippen molar-refractivity contribution in [2.45, 2.75) is 31.2 Å². The molecule has 0 bridgehead atoms. The highest BCUT2D eigenvalue weighted by molar-refractivity contribution is 7.89. The number of anilines is 2. The minimum absolute atomic E-state index is 0.188. The van der Waals surface area contributed by atoms with Crippen LogP contribution < -0.4 is 14.9 Å². The van der Waals surface area contributed by atoms with Crippen molar-refractivity contribution in [2.75, 3.05) is 31.4 Å². The number of nitrogens with one attached hydrogen (secondary N) is 2. The summed E-state index contributed by atoms with van der Waals surface area (Å²) in [6.45, 7) is 4.53. The third-order valence-electron chi connectivity index (χ3n) is 3.51. The number of benzene rings is 1. The van der Waals surface area contributed by atoms with Gasteiger partial charge in [0.15, 0.2) is 0 Å². The fourth-order valence-corrected chi connectivity index (χ4v) is 2.73. The van der Waals surface area contributed by atoms with Gasteiger partial charge in [-0.15, -0.1) is 0 Å². The van der Waals surface area contributed by atoms with E-state index in [9.17, 15) is 8.42 Å². The molecule has 0 aliphatic carbocycles. The molecule has 0 aliphatic heterocycles. The lowest BCUT2D eigenvalue weighted by Crippen LogP contribution is -2.18. The van der Waals surface area contributed by atoms with Crippen molar-refractivity contribution >= 4 is 21.9 Å². The van der Waals surface area contributed by atoms with Crippen molar-refractivity contribution in [3.8, 4) is 0 Å². The number of hydrogen-bond acceptors (Lipinski definition) is 7. The average molecular weight is 364 g/mol. The normalized spacial score (nSPS) is 11.6. The Kier molecular flexibility index (Phi) is 5.91. The molecule has 2 N–H and O–H groups in total. The Morgan fingerprint density at radius 2 is 1.72 bits per heavy atom. The molecule has 0 atom stereocenters. The summed E-state index contributed by atoms with van der Waals surface area (Å²) in [6, 6.07) is 6.66. The maximum absolute atomic E-state index is 11.7. The molecular weight excluding hydrogens is 340 g/mol. The van der Waals surface area contributed by atoms with E-state index in [4.69, 9.17) is 0 Å². The number of rotatable bonds is 7. The molecule has 2 rings (SSSR count). The van der Waals surface area contributed by atoms with Crippen LogP contribution in [0.15, 0.2) is 29.2 Å². The number of hydrogen-bond donors (Lipinski definition) is 2. The van der Waals surface area contributed by atoms with Crippen molar-refractivity contribution in [2.24, 2.45) is 0 Å². The molecule has 0 unspecified atom stereocenters. The van der Waals surface area contributed by atoms with E-state index in [2.05, 4.69) is 25.0 Å². The summed E-state index contributed by atoms with van der Waals surface area (Å²) >= 11 is 0. The maximum atomic E-state index is 11.7. The Labute approximate surface area is 148 Å². The van der Waals surface area contributed by atoms with Crippen molar-refractivity contribution in [3.63, 3.8) is 0 Å². The molecule has 0 spiro atoms. The highest BCUT2D eigenvalue weighted by atomic mass is 32.2. The van der Waals surface area contributed by atoms with Crippen LogP contribution in [-0.2, 0) is 16.6 Å². The zero-order chi connectivity index (χ0) is 18.6. The first kappa shape index (κ1) is 19.1. The van der Waals surface area contributed by atoms with Gasteiger partial charge in [-0.3, -0.25) is 0 Å². The lowest BCUT2D eigenvalue weighted by molar-refractivity contribution is 0.588. The van der Waals surface area contributed by atoms with Crippen LogP contribution in [0.5, 0.6) is 0 Å². The summed E-state index contributed by atoms with van der Waals surface area (Å²) in [5.74, 6) is 2.00. The third-order valence-corrected chi connectivity index (χ3v) is 4.94. The van der Waals surface area contributed by atoms with Crippen LogP contribution >= 0.6 is 0 Å². The summed E-state index contributed by atoms with van der Waals surface area (Å²) in [5.41, 5.74) is 0.924. The molecule has 1 aromatic carbocycles. The minimum Gasteiger partial charge on any atom is -0.350 e. The zero-order valence-electron chi connectivity index (χ0n) is 15.1. The van der Waals surface area contributed by atoms with Gasteiger partial charge in [-0.05, 0) is 24.7 Å². The minimum atomic E-state index is -3.42. The highest BCUT2D eigenvalue weighted by Crippen LogP contribution is 2.16. The fourth-order valence-electron chi connectivity index (χ4n) is 2.00. The standard InChI is InChI=1S/C16H24N6O2S/c1-11(2)14-19-15(21-16(20-14)22(4)5)18-10-12-6-8-13(9-7-12)25(23,24)17-3/h6-9,11,17H,10H2,1-5H3,(H,18,19,20,21). The first-order valence-corrected chi connectivity index (χ1v) is 9.41. The van der Waals surface area contributed by atoms with Crippen LogP contribution in [0.3, 0.4) is 0 Å². The van der Waals surface area contributed by atoms with Gasteiger partial charge in [-0.25, -0.2) is 13.1 Å². The van der Waals surface area contributed by atoms with Crippen LogP contribution in [0, 0.1) is 0 Å². The summed E-state index contributed by atoms with van der Waals surface area (Å²) in [7, 11) is 1.73. The maximum Gasteiger partial charge on any atom is 0.240 e. The van der Waals surface area contributed by atoms with Crippen molar-refractivity contribution in [1.29, 1.82) is 0 Å². The second-order valence-corrected chi connectivity index (χ2v) is 7.96. The third kappa shape index (κ3) is 4.86. The summed E-state index contributed by atoms with van der Waals surface area (Å²) in [4.78, 5) is 15.3. The Bertz CT molecular complexity index is 793. The SMILES string of the molecule is CNS(=O)(=O)c1ccc(CNc2nc(C(C)C)nc(N(C)C)n2)cc1. The molecule has 25 heavy (non-hydrogen) atoms. The Morgan fingerprint density at radius 1 is 1.08 bits per heavy atom. The van der Waals surface area contributed by atoms with Crippen molar-refractivity contribution in [1.82, 2.24) is 19.7 Å². The van der Waals surface area contributed by atoms with Gasteiger partial charge in [0.25, 0.3) is 0 Å². The molecule has 1 heterocycles. The summed E-state index contributed by atoms with van der Waals surface area (Å²) in [6.07, 6.45) is 0. The highest BCUT2D eigenvalue weighted by Gasteiger charge is 2.12. The second-order valence-electron chi connectivity index (χ2n) is 6.07. The van der Waals surface area contributed by atoms with Gasteiger partial charge >= 0.3 is 0 Å². The molecule has 0 saturated heterocycles. The zero-order valence-corrected chi connectivity index (χ0v) is 15.9. The van der Waals surface area contributed by atoms with E-state index in [0.717, 1.165) is 11.4 Å². The Morgan fingerprint density at radius 3 is 2.24 bits per heavy atom. The van der Waals surface area contributed by atoms with Crippen LogP contribution in [0.25, 0.3) is 0 Å². The van der Waals surface area contributed by atoms with E-state index in [1.807, 2.05) is 32.8 Å². The van der Waals surface area contributed by atoms with E-state index in [1.54, 1.807) is 24.3 Å². The lowest BCUT2D eigenvalue weighted by atomic mass is 10.2. The molecule has 2 aromatic rings.